The van der Waals surface area contributed by atoms with Gasteiger partial charge in [0, 0.05) is 92.4 Å². The molecule has 0 spiro atoms. The first-order valence-corrected chi connectivity index (χ1v) is 45.0. The average Bonchev–Trinajstić information content (AvgIpc) is 1.75. The summed E-state index contributed by atoms with van der Waals surface area (Å²) >= 11 is 0. The van der Waals surface area contributed by atoms with Gasteiger partial charge in [-0.05, 0) is 102 Å². The molecule has 14 nitrogen and oxygen atoms in total. The van der Waals surface area contributed by atoms with Gasteiger partial charge in [-0.1, -0.05) is 283 Å². The number of hydrogen-bond acceptors (Lipinski definition) is 14. The second-order valence-corrected chi connectivity index (χ2v) is 35.3. The molecular formula is C92H124N6O8P2. The lowest BCUT2D eigenvalue weighted by molar-refractivity contribution is 0.394. The minimum atomic E-state index is -1.88. The van der Waals surface area contributed by atoms with Gasteiger partial charge in [0.25, 0.3) is 23.5 Å². The molecule has 580 valence electrons. The summed E-state index contributed by atoms with van der Waals surface area (Å²) in [6.07, 6.45) is 46.8. The molecule has 0 fully saturated rings. The van der Waals surface area contributed by atoms with E-state index in [0.717, 1.165) is 156 Å². The Balaban J connectivity index is 1.09. The third-order valence-electron chi connectivity index (χ3n) is 23.2. The average molecular weight is 1500 g/mol. The fourth-order valence-electron chi connectivity index (χ4n) is 17.1. The Morgan fingerprint density at radius 1 is 0.250 bits per heavy atom. The maximum absolute atomic E-state index is 7.88. The molecule has 11 aliphatic heterocycles. The van der Waals surface area contributed by atoms with Crippen molar-refractivity contribution in [1.82, 2.24) is 29.3 Å². The summed E-state index contributed by atoms with van der Waals surface area (Å²) in [7, 11) is 4.55. The fourth-order valence-corrected chi connectivity index (χ4v) is 19.1. The van der Waals surface area contributed by atoms with Crippen molar-refractivity contribution in [2.24, 2.45) is 0 Å². The van der Waals surface area contributed by atoms with Gasteiger partial charge < -0.3 is 37.0 Å². The predicted molar refractivity (Wildman–Crippen MR) is 444 cm³/mol. The number of para-hydroxylation sites is 4. The number of unbranched alkanes of at least 4 members (excludes halogenated alkanes) is 32. The van der Waals surface area contributed by atoms with Crippen LogP contribution in [0.2, 0.25) is 0 Å². The Bertz CT molecular complexity index is 3750. The normalized spacial score (nSPS) is 17.8. The van der Waals surface area contributed by atoms with Gasteiger partial charge in [-0.25, -0.2) is 29.3 Å². The van der Waals surface area contributed by atoms with E-state index in [4.69, 9.17) is 57.0 Å². The second-order valence-electron chi connectivity index (χ2n) is 32.0. The van der Waals surface area contributed by atoms with E-state index >= 15 is 0 Å². The van der Waals surface area contributed by atoms with Crippen molar-refractivity contribution in [1.29, 1.82) is 0 Å². The Morgan fingerprint density at radius 2 is 0.435 bits per heavy atom. The van der Waals surface area contributed by atoms with Crippen molar-refractivity contribution < 1.29 is 37.0 Å². The molecule has 1 aliphatic carbocycles. The minimum Gasteiger partial charge on any atom is -0.434 e. The van der Waals surface area contributed by atoms with Crippen LogP contribution < -0.4 is 37.0 Å². The Hall–Kier alpha value is -6.82. The van der Waals surface area contributed by atoms with Crippen LogP contribution in [0.5, 0.6) is 69.5 Å². The highest BCUT2D eigenvalue weighted by atomic mass is 31.2. The van der Waals surface area contributed by atoms with Crippen LogP contribution in [0.25, 0.3) is 22.1 Å². The van der Waals surface area contributed by atoms with Crippen molar-refractivity contribution in [3.63, 3.8) is 0 Å². The van der Waals surface area contributed by atoms with Crippen molar-refractivity contribution in [2.45, 2.75) is 308 Å². The maximum Gasteiger partial charge on any atom is 0.384 e. The van der Waals surface area contributed by atoms with E-state index in [0.29, 0.717) is 69.5 Å². The van der Waals surface area contributed by atoms with Gasteiger partial charge in [0.15, 0.2) is 0 Å². The molecule has 12 aliphatic rings. The molecule has 16 bridgehead atoms. The molecule has 0 N–H and O–H groups in total. The summed E-state index contributed by atoms with van der Waals surface area (Å²) < 4.78 is 65.8. The zero-order valence-corrected chi connectivity index (χ0v) is 68.5. The molecule has 108 heavy (non-hydrogen) atoms. The highest BCUT2D eigenvalue weighted by Gasteiger charge is 2.41. The second kappa shape index (κ2) is 39.9. The van der Waals surface area contributed by atoms with Crippen LogP contribution in [0, 0.1) is 0 Å². The molecule has 0 unspecified atom stereocenters. The molecule has 0 saturated heterocycles. The lowest BCUT2D eigenvalue weighted by atomic mass is 9.76. The van der Waals surface area contributed by atoms with Gasteiger partial charge in [-0.15, -0.1) is 0 Å². The van der Waals surface area contributed by atoms with E-state index in [-0.39, 0.29) is 23.7 Å². The maximum atomic E-state index is 7.88. The topological polar surface area (TPSA) is 132 Å². The highest BCUT2D eigenvalue weighted by molar-refractivity contribution is 7.45. The van der Waals surface area contributed by atoms with Crippen molar-refractivity contribution in [2.75, 3.05) is 28.2 Å². The number of fused-ring (bicyclic) bond motifs is 4. The third kappa shape index (κ3) is 19.9. The van der Waals surface area contributed by atoms with Crippen LogP contribution in [0.3, 0.4) is 0 Å². The summed E-state index contributed by atoms with van der Waals surface area (Å²) in [5, 5.41) is 0. The molecule has 0 amide bonds. The monoisotopic (exact) mass is 1500 g/mol. The number of aromatic nitrogens is 4. The highest BCUT2D eigenvalue weighted by Crippen LogP contribution is 2.62. The van der Waals surface area contributed by atoms with Crippen LogP contribution in [-0.2, 0) is 0 Å². The van der Waals surface area contributed by atoms with Crippen molar-refractivity contribution >= 4 is 39.1 Å². The number of ether oxygens (including phenoxy) is 4. The predicted octanol–water partition coefficient (Wildman–Crippen LogP) is 29.0. The van der Waals surface area contributed by atoms with Gasteiger partial charge in [-0.3, -0.25) is 0 Å². The number of hydrogen-bond donors (Lipinski definition) is 0. The van der Waals surface area contributed by atoms with E-state index in [1.165, 1.54) is 167 Å². The smallest absolute Gasteiger partial charge is 0.384 e. The fraction of sp³-hybridized carbons (Fsp3) is 0.565. The molecule has 0 radical (unpaired) electrons. The minimum absolute atomic E-state index is 0.212. The van der Waals surface area contributed by atoms with Crippen LogP contribution >= 0.6 is 17.1 Å². The standard InChI is InChI=1S/C92H124N6O8P2/c1-9-13-17-21-25-29-33-37-41-49-65-69-57-73-67(51-43-39-35-31-27-23-19-15-11-3)75-59-71-66(50-42-38-34-30-26-22-18-14-10-2)72-60-76(88-64-84(72)102-92-91(95-79-55-47-48-56-80(79)96-92)101-83(71)63-87(75)105-108(106-88)98(7)8)68(52-44-40-36-32-28-24-20-16-12-4)74-58-70(65)82-62-86(74)104-107(97(5)6)103-85(73)61-81(69)99-89-90(100-82)94-78-54-46-45-53-77(78)93-89/h45-48,53-68H,9-44,49-52H2,1-8H3. The zero-order valence-electron chi connectivity index (χ0n) is 66.7. The Labute approximate surface area is 649 Å². The van der Waals surface area contributed by atoms with Crippen LogP contribution in [-0.4, -0.2) is 57.5 Å². The lowest BCUT2D eigenvalue weighted by Crippen LogP contribution is -2.20. The van der Waals surface area contributed by atoms with Crippen LogP contribution in [0.15, 0.2) is 97.1 Å². The Kier molecular flexibility index (Phi) is 29.3. The summed E-state index contributed by atoms with van der Waals surface area (Å²) in [6.45, 7) is 9.22. The number of rotatable bonds is 42. The molecule has 20 rings (SSSR count). The first-order valence-electron chi connectivity index (χ1n) is 42.7. The van der Waals surface area contributed by atoms with E-state index in [9.17, 15) is 0 Å². The first-order chi connectivity index (χ1) is 53.1. The Morgan fingerprint density at radius 3 is 0.630 bits per heavy atom. The van der Waals surface area contributed by atoms with Crippen LogP contribution in [0.1, 0.15) is 353 Å². The molecule has 13 heterocycles. The van der Waals surface area contributed by atoms with Gasteiger partial charge >= 0.3 is 17.1 Å². The van der Waals surface area contributed by atoms with Crippen molar-refractivity contribution in [3.05, 3.63) is 142 Å². The summed E-state index contributed by atoms with van der Waals surface area (Å²) in [6, 6.07) is 34.7. The summed E-state index contributed by atoms with van der Waals surface area (Å²) in [5.41, 5.74) is 11.4. The van der Waals surface area contributed by atoms with Crippen molar-refractivity contribution in [3.8, 4) is 69.5 Å². The first kappa shape index (κ1) is 79.3. The van der Waals surface area contributed by atoms with Gasteiger partial charge in [0.1, 0.15) is 46.0 Å². The quantitative estimate of drug-likeness (QED) is 0.0265. The zero-order chi connectivity index (χ0) is 74.6. The number of benzene rings is 6. The lowest BCUT2D eigenvalue weighted by Gasteiger charge is -2.35. The largest absolute Gasteiger partial charge is 0.434 e. The van der Waals surface area contributed by atoms with E-state index in [2.05, 4.69) is 114 Å². The SMILES string of the molecule is CCCCCCCCCCCC1c2cc3c4cc2Oc2nc5ccccc5nc2Oc2cc(c(cc21)C(CCCCCCCCCCC)c1cc2c5cc1OP(N(C)C)Oc1cc(c(cc1C3CCCCCCCCCCC)C2CCCCCCCCCCC)Oc1nc2ccccc2nc1O5)OP(N(C)C)O4. The molecule has 2 aromatic heterocycles. The summed E-state index contributed by atoms with van der Waals surface area (Å²) in [4.78, 5) is 21.2. The molecular weight excluding hydrogens is 1380 g/mol. The molecule has 6 aromatic carbocycles. The summed E-state index contributed by atoms with van der Waals surface area (Å²) in [5.74, 6) is 5.67. The van der Waals surface area contributed by atoms with E-state index < -0.39 is 17.1 Å². The molecule has 0 atom stereocenters. The van der Waals surface area contributed by atoms with Gasteiger partial charge in [0.05, 0.1) is 22.1 Å². The molecule has 16 heteroatoms. The molecule has 8 aromatic rings. The van der Waals surface area contributed by atoms with Gasteiger partial charge in [-0.2, -0.15) is 0 Å². The van der Waals surface area contributed by atoms with E-state index in [1.54, 1.807) is 0 Å². The van der Waals surface area contributed by atoms with Gasteiger partial charge in [0.2, 0.25) is 0 Å². The van der Waals surface area contributed by atoms with E-state index in [1.807, 2.05) is 48.5 Å². The number of nitrogens with zero attached hydrogens (tertiary/aromatic N) is 6. The van der Waals surface area contributed by atoms with Crippen LogP contribution in [0.4, 0.5) is 0 Å². The molecule has 0 saturated carbocycles. The third-order valence-corrected chi connectivity index (χ3v) is 25.9.